The molecule has 3 rings (SSSR count). The lowest BCUT2D eigenvalue weighted by Gasteiger charge is -2.40. The van der Waals surface area contributed by atoms with Gasteiger partial charge in [0, 0.05) is 45.3 Å². The van der Waals surface area contributed by atoms with E-state index in [2.05, 4.69) is 42.4 Å². The number of nitrogens with zero attached hydrogens (tertiary/aromatic N) is 3. The van der Waals surface area contributed by atoms with E-state index in [-0.39, 0.29) is 0 Å². The number of hydrogen-bond acceptors (Lipinski definition) is 3. The number of hydrogen-bond donors (Lipinski definition) is 0. The molecule has 2 heterocycles. The van der Waals surface area contributed by atoms with E-state index in [0.29, 0.717) is 5.41 Å². The van der Waals surface area contributed by atoms with Gasteiger partial charge in [0.25, 0.3) is 0 Å². The average Bonchev–Trinajstić information content (AvgIpc) is 3.28. The predicted octanol–water partition coefficient (Wildman–Crippen LogP) is 3.55. The maximum atomic E-state index is 2.79. The molecule has 0 radical (unpaired) electrons. The first-order valence-electron chi connectivity index (χ1n) is 10.6. The molecule has 2 saturated heterocycles. The SMILES string of the molecule is CC(C)CC1(CN2CCC(CN3CCN(C(C)C)CC3)CC2)CC1. The number of rotatable bonds is 7. The molecule has 0 aromatic rings. The minimum absolute atomic E-state index is 0.716. The van der Waals surface area contributed by atoms with Crippen molar-refractivity contribution in [3.05, 3.63) is 0 Å². The second-order valence-corrected chi connectivity index (χ2v) is 9.75. The minimum atomic E-state index is 0.716. The van der Waals surface area contributed by atoms with Crippen LogP contribution in [0.4, 0.5) is 0 Å². The van der Waals surface area contributed by atoms with Crippen molar-refractivity contribution < 1.29 is 0 Å². The van der Waals surface area contributed by atoms with Gasteiger partial charge >= 0.3 is 0 Å². The Kier molecular flexibility index (Phi) is 6.26. The van der Waals surface area contributed by atoms with Gasteiger partial charge in [-0.15, -0.1) is 0 Å². The van der Waals surface area contributed by atoms with Gasteiger partial charge in [-0.3, -0.25) is 4.90 Å². The van der Waals surface area contributed by atoms with Gasteiger partial charge in [0.2, 0.25) is 0 Å². The Bertz CT molecular complexity index is 373. The summed E-state index contributed by atoms with van der Waals surface area (Å²) in [6.07, 6.45) is 7.30. The highest BCUT2D eigenvalue weighted by Gasteiger charge is 2.44. The number of piperidine rings is 1. The van der Waals surface area contributed by atoms with Crippen LogP contribution in [0.5, 0.6) is 0 Å². The van der Waals surface area contributed by atoms with Gasteiger partial charge < -0.3 is 9.80 Å². The quantitative estimate of drug-likeness (QED) is 0.704. The molecule has 0 aromatic heterocycles. The highest BCUT2D eigenvalue weighted by Crippen LogP contribution is 2.51. The van der Waals surface area contributed by atoms with Gasteiger partial charge in [0.1, 0.15) is 0 Å². The zero-order valence-corrected chi connectivity index (χ0v) is 16.8. The summed E-state index contributed by atoms with van der Waals surface area (Å²) in [6.45, 7) is 20.0. The van der Waals surface area contributed by atoms with Crippen molar-refractivity contribution >= 4 is 0 Å². The average molecular weight is 336 g/mol. The van der Waals surface area contributed by atoms with E-state index in [0.717, 1.165) is 17.9 Å². The van der Waals surface area contributed by atoms with Crippen LogP contribution in [0, 0.1) is 17.3 Å². The molecule has 0 spiro atoms. The van der Waals surface area contributed by atoms with Crippen molar-refractivity contribution in [3.63, 3.8) is 0 Å². The molecule has 140 valence electrons. The zero-order valence-electron chi connectivity index (χ0n) is 16.8. The van der Waals surface area contributed by atoms with Crippen LogP contribution in [0.3, 0.4) is 0 Å². The predicted molar refractivity (Wildman–Crippen MR) is 103 cm³/mol. The monoisotopic (exact) mass is 335 g/mol. The Morgan fingerprint density at radius 2 is 1.46 bits per heavy atom. The van der Waals surface area contributed by atoms with Crippen LogP contribution in [-0.4, -0.2) is 73.1 Å². The standard InChI is InChI=1S/C21H41N3/c1-18(2)15-21(7-8-21)17-23-9-5-20(6-10-23)16-22-11-13-24(14-12-22)19(3)4/h18-20H,5-17H2,1-4H3. The van der Waals surface area contributed by atoms with E-state index in [4.69, 9.17) is 0 Å². The van der Waals surface area contributed by atoms with Gasteiger partial charge in [-0.1, -0.05) is 13.8 Å². The molecule has 0 amide bonds. The molecule has 0 N–H and O–H groups in total. The van der Waals surface area contributed by atoms with Crippen LogP contribution in [0.2, 0.25) is 0 Å². The number of piperazine rings is 1. The van der Waals surface area contributed by atoms with Gasteiger partial charge in [-0.05, 0) is 76.3 Å². The lowest BCUT2D eigenvalue weighted by atomic mass is 9.91. The van der Waals surface area contributed by atoms with Gasteiger partial charge in [0.05, 0.1) is 0 Å². The summed E-state index contributed by atoms with van der Waals surface area (Å²) < 4.78 is 0. The Morgan fingerprint density at radius 3 is 1.96 bits per heavy atom. The van der Waals surface area contributed by atoms with Crippen LogP contribution >= 0.6 is 0 Å². The third kappa shape index (κ3) is 5.19. The summed E-state index contributed by atoms with van der Waals surface area (Å²) in [5.74, 6) is 1.82. The van der Waals surface area contributed by atoms with Crippen LogP contribution in [-0.2, 0) is 0 Å². The molecule has 1 aliphatic carbocycles. The molecule has 3 heteroatoms. The maximum Gasteiger partial charge on any atom is 0.0113 e. The minimum Gasteiger partial charge on any atom is -0.303 e. The lowest BCUT2D eigenvalue weighted by molar-refractivity contribution is 0.0762. The fourth-order valence-corrected chi connectivity index (χ4v) is 5.10. The Morgan fingerprint density at radius 1 is 0.833 bits per heavy atom. The van der Waals surface area contributed by atoms with Crippen molar-refractivity contribution in [2.75, 3.05) is 52.4 Å². The topological polar surface area (TPSA) is 9.72 Å². The van der Waals surface area contributed by atoms with Crippen LogP contribution in [0.25, 0.3) is 0 Å². The molecular formula is C21H41N3. The largest absolute Gasteiger partial charge is 0.303 e. The summed E-state index contributed by atoms with van der Waals surface area (Å²) in [5, 5.41) is 0. The van der Waals surface area contributed by atoms with E-state index < -0.39 is 0 Å². The highest BCUT2D eigenvalue weighted by molar-refractivity contribution is 4.96. The van der Waals surface area contributed by atoms with E-state index in [1.54, 1.807) is 0 Å². The van der Waals surface area contributed by atoms with Crippen LogP contribution in [0.1, 0.15) is 59.8 Å². The summed E-state index contributed by atoms with van der Waals surface area (Å²) >= 11 is 0. The molecule has 1 saturated carbocycles. The molecule has 2 aliphatic heterocycles. The number of likely N-dealkylation sites (tertiary alicyclic amines) is 1. The Balaban J connectivity index is 1.34. The van der Waals surface area contributed by atoms with Crippen molar-refractivity contribution in [2.24, 2.45) is 17.3 Å². The Hall–Kier alpha value is -0.120. The second kappa shape index (κ2) is 8.05. The third-order valence-electron chi connectivity index (χ3n) is 6.72. The van der Waals surface area contributed by atoms with Crippen molar-refractivity contribution in [3.8, 4) is 0 Å². The Labute approximate surface area is 150 Å². The first kappa shape index (κ1) is 18.7. The molecule has 0 atom stereocenters. The first-order valence-corrected chi connectivity index (χ1v) is 10.6. The second-order valence-electron chi connectivity index (χ2n) is 9.75. The van der Waals surface area contributed by atoms with Gasteiger partial charge in [-0.25, -0.2) is 0 Å². The molecule has 3 aliphatic rings. The summed E-state index contributed by atoms with van der Waals surface area (Å²) in [7, 11) is 0. The van der Waals surface area contributed by atoms with Crippen molar-refractivity contribution in [1.82, 2.24) is 14.7 Å². The van der Waals surface area contributed by atoms with E-state index >= 15 is 0 Å². The summed E-state index contributed by atoms with van der Waals surface area (Å²) in [4.78, 5) is 8.16. The third-order valence-corrected chi connectivity index (χ3v) is 6.72. The molecule has 3 fully saturated rings. The molecule has 0 aromatic carbocycles. The van der Waals surface area contributed by atoms with Crippen molar-refractivity contribution in [1.29, 1.82) is 0 Å². The molecule has 0 bridgehead atoms. The molecular weight excluding hydrogens is 294 g/mol. The van der Waals surface area contributed by atoms with E-state index in [9.17, 15) is 0 Å². The lowest BCUT2D eigenvalue weighted by Crippen LogP contribution is -2.50. The van der Waals surface area contributed by atoms with E-state index in [1.165, 1.54) is 84.5 Å². The fraction of sp³-hybridized carbons (Fsp3) is 1.00. The molecule has 24 heavy (non-hydrogen) atoms. The van der Waals surface area contributed by atoms with Crippen LogP contribution in [0.15, 0.2) is 0 Å². The summed E-state index contributed by atoms with van der Waals surface area (Å²) in [5.41, 5.74) is 0.716. The maximum absolute atomic E-state index is 2.79. The smallest absolute Gasteiger partial charge is 0.0113 e. The van der Waals surface area contributed by atoms with Gasteiger partial charge in [-0.2, -0.15) is 0 Å². The highest BCUT2D eigenvalue weighted by atomic mass is 15.3. The zero-order chi connectivity index (χ0) is 17.2. The van der Waals surface area contributed by atoms with Gasteiger partial charge in [0.15, 0.2) is 0 Å². The first-order chi connectivity index (χ1) is 11.5. The van der Waals surface area contributed by atoms with Crippen LogP contribution < -0.4 is 0 Å². The molecule has 3 nitrogen and oxygen atoms in total. The normalized spacial score (nSPS) is 27.2. The van der Waals surface area contributed by atoms with Crippen molar-refractivity contribution in [2.45, 2.75) is 65.8 Å². The fourth-order valence-electron chi connectivity index (χ4n) is 5.10. The summed E-state index contributed by atoms with van der Waals surface area (Å²) in [6, 6.07) is 0.718. The molecule has 0 unspecified atom stereocenters. The van der Waals surface area contributed by atoms with E-state index in [1.807, 2.05) is 0 Å².